The van der Waals surface area contributed by atoms with Crippen LogP contribution >= 0.6 is 58.0 Å². The minimum Gasteiger partial charge on any atom is -0.445 e. The number of hydrogen-bond donors (Lipinski definition) is 1. The maximum absolute atomic E-state index is 12.6. The van der Waals surface area contributed by atoms with Gasteiger partial charge in [-0.3, -0.25) is 4.79 Å². The van der Waals surface area contributed by atoms with Crippen LogP contribution in [0.4, 0.5) is 10.5 Å². The van der Waals surface area contributed by atoms with Gasteiger partial charge < -0.3 is 15.0 Å². The Kier molecular flexibility index (Phi) is 8.38. The molecular weight excluding hydrogens is 457 g/mol. The number of ether oxygens (including phenoxy) is 1. The van der Waals surface area contributed by atoms with E-state index in [0.29, 0.717) is 23.6 Å². The molecule has 0 heterocycles. The predicted octanol–water partition coefficient (Wildman–Crippen LogP) is 5.44. The van der Waals surface area contributed by atoms with Gasteiger partial charge in [0.25, 0.3) is 5.91 Å². The fourth-order valence-corrected chi connectivity index (χ4v) is 3.37. The molecule has 0 spiro atoms. The summed E-state index contributed by atoms with van der Waals surface area (Å²) in [5.74, 6) is -0.305. The standard InChI is InChI=1S/C17H17Cl5N2O3/c18-9-8-15(25)24(12-6-4-11(19)5-7-12)14-3-1-2-13(14)23-16(26)27-10-17(20,21)22/h4-9,13-14H,1-3,10H2,(H,23,26). The highest BCUT2D eigenvalue weighted by atomic mass is 35.6. The van der Waals surface area contributed by atoms with Crippen molar-refractivity contribution >= 4 is 75.7 Å². The Morgan fingerprint density at radius 3 is 2.48 bits per heavy atom. The van der Waals surface area contributed by atoms with E-state index in [2.05, 4.69) is 5.32 Å². The minimum absolute atomic E-state index is 0.285. The molecule has 2 amide bonds. The van der Waals surface area contributed by atoms with Crippen LogP contribution in [0.2, 0.25) is 5.02 Å². The average Bonchev–Trinajstić information content (AvgIpc) is 3.02. The van der Waals surface area contributed by atoms with Crippen molar-refractivity contribution in [3.63, 3.8) is 0 Å². The van der Waals surface area contributed by atoms with Crippen molar-refractivity contribution < 1.29 is 14.3 Å². The average molecular weight is 475 g/mol. The number of benzene rings is 1. The van der Waals surface area contributed by atoms with Gasteiger partial charge in [0.2, 0.25) is 3.79 Å². The van der Waals surface area contributed by atoms with Crippen molar-refractivity contribution in [2.24, 2.45) is 0 Å². The third kappa shape index (κ3) is 6.91. The fraction of sp³-hybridized carbons (Fsp3) is 0.412. The number of carbonyl (C=O) groups is 2. The molecule has 1 aromatic carbocycles. The largest absolute Gasteiger partial charge is 0.445 e. The first kappa shape index (κ1) is 22.4. The normalized spacial score (nSPS) is 19.9. The molecule has 5 nitrogen and oxygen atoms in total. The van der Waals surface area contributed by atoms with Crippen molar-refractivity contribution in [3.05, 3.63) is 40.9 Å². The number of rotatable bonds is 5. The SMILES string of the molecule is O=C(NC1CCCC1N(C(=O)C=CCl)c1ccc(Cl)cc1)OCC(Cl)(Cl)Cl. The van der Waals surface area contributed by atoms with Gasteiger partial charge in [0.05, 0.1) is 12.1 Å². The molecule has 1 aliphatic rings. The summed E-state index contributed by atoms with van der Waals surface area (Å²) in [7, 11) is 0. The summed E-state index contributed by atoms with van der Waals surface area (Å²) in [6.45, 7) is -0.379. The number of halogens is 5. The van der Waals surface area contributed by atoms with E-state index in [1.165, 1.54) is 6.08 Å². The van der Waals surface area contributed by atoms with Crippen molar-refractivity contribution in [2.75, 3.05) is 11.5 Å². The van der Waals surface area contributed by atoms with Crippen molar-refractivity contribution in [2.45, 2.75) is 35.1 Å². The predicted molar refractivity (Wildman–Crippen MR) is 110 cm³/mol. The first-order valence-corrected chi connectivity index (χ1v) is 10.0. The third-order valence-corrected chi connectivity index (χ3v) is 4.73. The summed E-state index contributed by atoms with van der Waals surface area (Å²) in [6.07, 6.45) is 2.74. The molecule has 2 atom stereocenters. The summed E-state index contributed by atoms with van der Waals surface area (Å²) >= 11 is 28.3. The summed E-state index contributed by atoms with van der Waals surface area (Å²) in [5.41, 5.74) is 1.80. The van der Waals surface area contributed by atoms with Crippen LogP contribution in [0.3, 0.4) is 0 Å². The van der Waals surface area contributed by atoms with Crippen LogP contribution in [0, 0.1) is 0 Å². The fourth-order valence-electron chi connectivity index (χ4n) is 2.98. The van der Waals surface area contributed by atoms with Gasteiger partial charge in [-0.15, -0.1) is 0 Å². The highest BCUT2D eigenvalue weighted by molar-refractivity contribution is 6.67. The molecule has 0 aliphatic heterocycles. The molecular formula is C17H17Cl5N2O3. The molecule has 1 saturated carbocycles. The van der Waals surface area contributed by atoms with Crippen LogP contribution in [0.1, 0.15) is 19.3 Å². The van der Waals surface area contributed by atoms with Gasteiger partial charge in [0.15, 0.2) is 0 Å². The Balaban J connectivity index is 2.17. The number of hydrogen-bond acceptors (Lipinski definition) is 3. The second-order valence-corrected chi connectivity index (χ2v) is 9.12. The van der Waals surface area contributed by atoms with Gasteiger partial charge in [-0.1, -0.05) is 58.0 Å². The first-order valence-electron chi connectivity index (χ1n) is 8.07. The molecule has 2 unspecified atom stereocenters. The lowest BCUT2D eigenvalue weighted by Gasteiger charge is -2.32. The Labute approximate surface area is 182 Å². The van der Waals surface area contributed by atoms with Gasteiger partial charge in [0.1, 0.15) is 6.61 Å². The smallest absolute Gasteiger partial charge is 0.407 e. The molecule has 0 radical (unpaired) electrons. The Morgan fingerprint density at radius 1 is 1.22 bits per heavy atom. The lowest BCUT2D eigenvalue weighted by molar-refractivity contribution is -0.114. The Bertz CT molecular complexity index is 691. The number of alkyl carbamates (subject to hydrolysis) is 1. The van der Waals surface area contributed by atoms with Crippen molar-refractivity contribution in [3.8, 4) is 0 Å². The molecule has 1 aliphatic carbocycles. The Morgan fingerprint density at radius 2 is 1.89 bits per heavy atom. The molecule has 148 valence electrons. The second-order valence-electron chi connectivity index (χ2n) is 5.92. The van der Waals surface area contributed by atoms with Crippen LogP contribution < -0.4 is 10.2 Å². The lowest BCUT2D eigenvalue weighted by atomic mass is 10.1. The number of carbonyl (C=O) groups excluding carboxylic acids is 2. The summed E-state index contributed by atoms with van der Waals surface area (Å²) in [6, 6.07) is 6.24. The maximum Gasteiger partial charge on any atom is 0.407 e. The van der Waals surface area contributed by atoms with Crippen LogP contribution in [-0.2, 0) is 9.53 Å². The topological polar surface area (TPSA) is 58.6 Å². The molecule has 2 rings (SSSR count). The van der Waals surface area contributed by atoms with E-state index >= 15 is 0 Å². The lowest BCUT2D eigenvalue weighted by Crippen LogP contribution is -2.51. The van der Waals surface area contributed by atoms with Gasteiger partial charge in [-0.2, -0.15) is 0 Å². The van der Waals surface area contributed by atoms with Gasteiger partial charge >= 0.3 is 6.09 Å². The zero-order chi connectivity index (χ0) is 20.0. The zero-order valence-corrected chi connectivity index (χ0v) is 17.8. The van der Waals surface area contributed by atoms with Crippen LogP contribution in [0.25, 0.3) is 0 Å². The van der Waals surface area contributed by atoms with Gasteiger partial charge in [0, 0.05) is 22.3 Å². The number of alkyl halides is 3. The van der Waals surface area contributed by atoms with Gasteiger partial charge in [-0.05, 0) is 43.5 Å². The van der Waals surface area contributed by atoms with E-state index in [4.69, 9.17) is 62.7 Å². The van der Waals surface area contributed by atoms with E-state index < -0.39 is 9.89 Å². The molecule has 1 fully saturated rings. The quantitative estimate of drug-likeness (QED) is 0.457. The van der Waals surface area contributed by atoms with E-state index in [9.17, 15) is 9.59 Å². The molecule has 0 aromatic heterocycles. The number of anilines is 1. The minimum atomic E-state index is -1.69. The van der Waals surface area contributed by atoms with E-state index in [1.807, 2.05) is 0 Å². The maximum atomic E-state index is 12.6. The van der Waals surface area contributed by atoms with E-state index in [0.717, 1.165) is 12.0 Å². The summed E-state index contributed by atoms with van der Waals surface area (Å²) < 4.78 is 3.23. The molecule has 10 heteroatoms. The molecule has 0 bridgehead atoms. The molecule has 0 saturated heterocycles. The Hall–Kier alpha value is -0.850. The van der Waals surface area contributed by atoms with E-state index in [1.54, 1.807) is 29.2 Å². The number of nitrogens with zero attached hydrogens (tertiary/aromatic N) is 1. The highest BCUT2D eigenvalue weighted by Gasteiger charge is 2.36. The second kappa shape index (κ2) is 10.1. The monoisotopic (exact) mass is 472 g/mol. The third-order valence-electron chi connectivity index (χ3n) is 4.03. The highest BCUT2D eigenvalue weighted by Crippen LogP contribution is 2.30. The first-order chi connectivity index (χ1) is 12.7. The zero-order valence-electron chi connectivity index (χ0n) is 14.0. The molecule has 1 N–H and O–H groups in total. The summed E-state index contributed by atoms with van der Waals surface area (Å²) in [5, 5.41) is 3.30. The van der Waals surface area contributed by atoms with Crippen LogP contribution in [-0.4, -0.2) is 34.5 Å². The van der Waals surface area contributed by atoms with Gasteiger partial charge in [-0.25, -0.2) is 4.79 Å². The molecule has 1 aromatic rings. The van der Waals surface area contributed by atoms with Crippen molar-refractivity contribution in [1.29, 1.82) is 0 Å². The number of amides is 2. The van der Waals surface area contributed by atoms with Crippen LogP contribution in [0.15, 0.2) is 35.9 Å². The molecule has 27 heavy (non-hydrogen) atoms. The van der Waals surface area contributed by atoms with Crippen molar-refractivity contribution in [1.82, 2.24) is 5.32 Å². The van der Waals surface area contributed by atoms with E-state index in [-0.39, 0.29) is 24.6 Å². The number of nitrogens with one attached hydrogen (secondary N) is 1. The summed E-state index contributed by atoms with van der Waals surface area (Å²) in [4.78, 5) is 26.2. The van der Waals surface area contributed by atoms with Crippen LogP contribution in [0.5, 0.6) is 0 Å².